The molecule has 1 aromatic heterocycles. The number of nitro groups is 1. The summed E-state index contributed by atoms with van der Waals surface area (Å²) < 4.78 is 29.7. The van der Waals surface area contributed by atoms with E-state index in [4.69, 9.17) is 0 Å². The Morgan fingerprint density at radius 3 is 2.44 bits per heavy atom. The van der Waals surface area contributed by atoms with Crippen LogP contribution in [0.15, 0.2) is 65.7 Å². The van der Waals surface area contributed by atoms with Crippen LogP contribution in [0, 0.1) is 10.1 Å². The third kappa shape index (κ3) is 4.58. The number of para-hydroxylation sites is 1. The van der Waals surface area contributed by atoms with Crippen LogP contribution < -0.4 is 9.62 Å². The molecule has 1 saturated heterocycles. The molecule has 0 aliphatic carbocycles. The zero-order valence-corrected chi connectivity index (χ0v) is 18.4. The number of rotatable bonds is 7. The number of piperazine rings is 1. The largest absolute Gasteiger partial charge is 0.363 e. The third-order valence-corrected chi connectivity index (χ3v) is 6.82. The zero-order valence-electron chi connectivity index (χ0n) is 17.6. The summed E-state index contributed by atoms with van der Waals surface area (Å²) in [5.41, 5.74) is 0.979. The number of sulfonamides is 1. The van der Waals surface area contributed by atoms with Crippen LogP contribution in [-0.4, -0.2) is 60.7 Å². The third-order valence-electron chi connectivity index (χ3n) is 5.46. The summed E-state index contributed by atoms with van der Waals surface area (Å²) in [7, 11) is -4.06. The van der Waals surface area contributed by atoms with E-state index in [9.17, 15) is 18.5 Å². The van der Waals surface area contributed by atoms with Crippen LogP contribution in [0.3, 0.4) is 0 Å². The Labute approximate surface area is 186 Å². The highest BCUT2D eigenvalue weighted by Crippen LogP contribution is 2.32. The molecule has 1 aliphatic heterocycles. The molecular weight excluding hydrogens is 432 g/mol. The van der Waals surface area contributed by atoms with E-state index in [1.54, 1.807) is 10.9 Å². The van der Waals surface area contributed by atoms with Gasteiger partial charge in [0.25, 0.3) is 15.7 Å². The predicted molar refractivity (Wildman–Crippen MR) is 122 cm³/mol. The summed E-state index contributed by atoms with van der Waals surface area (Å²) >= 11 is 0. The molecule has 2 heterocycles. The molecule has 0 unspecified atom stereocenters. The van der Waals surface area contributed by atoms with Gasteiger partial charge in [-0.15, -0.1) is 5.10 Å². The average molecular weight is 457 g/mol. The Morgan fingerprint density at radius 1 is 1.06 bits per heavy atom. The summed E-state index contributed by atoms with van der Waals surface area (Å²) in [6.07, 6.45) is 1.63. The van der Waals surface area contributed by atoms with Crippen molar-refractivity contribution in [2.24, 2.45) is 0 Å². The van der Waals surface area contributed by atoms with E-state index >= 15 is 0 Å². The topological polar surface area (TPSA) is 114 Å². The summed E-state index contributed by atoms with van der Waals surface area (Å²) in [5, 5.41) is 16.0. The molecule has 1 N–H and O–H groups in total. The summed E-state index contributed by atoms with van der Waals surface area (Å²) in [5.74, 6) is 0.122. The first-order valence-electron chi connectivity index (χ1n) is 10.3. The second-order valence-electron chi connectivity index (χ2n) is 7.42. The summed E-state index contributed by atoms with van der Waals surface area (Å²) in [6.45, 7) is 5.91. The molecule has 0 saturated carbocycles. The van der Waals surface area contributed by atoms with Gasteiger partial charge in [-0.25, -0.2) is 13.1 Å². The molecule has 32 heavy (non-hydrogen) atoms. The second-order valence-corrected chi connectivity index (χ2v) is 9.10. The Kier molecular flexibility index (Phi) is 6.10. The monoisotopic (exact) mass is 456 g/mol. The van der Waals surface area contributed by atoms with Crippen molar-refractivity contribution < 1.29 is 13.3 Å². The van der Waals surface area contributed by atoms with Crippen molar-refractivity contribution in [1.82, 2.24) is 14.7 Å². The highest BCUT2D eigenvalue weighted by Gasteiger charge is 2.26. The summed E-state index contributed by atoms with van der Waals surface area (Å²) in [6, 6.07) is 14.8. The van der Waals surface area contributed by atoms with Gasteiger partial charge in [0.1, 0.15) is 5.69 Å². The molecule has 1 fully saturated rings. The van der Waals surface area contributed by atoms with E-state index in [2.05, 4.69) is 21.6 Å². The standard InChI is InChI=1S/C21H24N6O4S/c1-2-24-12-14-25(15-13-24)19-9-8-18(16-20(19)27(28)29)32(30,31)23-21-10-11-26(22-21)17-6-4-3-5-7-17/h3-11,16H,2,12-15H2,1H3,(H,22,23). The quantitative estimate of drug-likeness (QED) is 0.429. The number of benzene rings is 2. The molecule has 10 nitrogen and oxygen atoms in total. The minimum Gasteiger partial charge on any atom is -0.363 e. The highest BCUT2D eigenvalue weighted by atomic mass is 32.2. The van der Waals surface area contributed by atoms with Crippen molar-refractivity contribution in [3.8, 4) is 5.69 Å². The maximum Gasteiger partial charge on any atom is 0.293 e. The van der Waals surface area contributed by atoms with Gasteiger partial charge in [0.2, 0.25) is 0 Å². The van der Waals surface area contributed by atoms with Crippen LogP contribution in [0.25, 0.3) is 5.69 Å². The first-order chi connectivity index (χ1) is 15.4. The van der Waals surface area contributed by atoms with E-state index in [0.29, 0.717) is 18.8 Å². The predicted octanol–water partition coefficient (Wildman–Crippen LogP) is 2.72. The zero-order chi connectivity index (χ0) is 22.7. The average Bonchev–Trinajstić information content (AvgIpc) is 3.27. The van der Waals surface area contributed by atoms with E-state index in [1.807, 2.05) is 35.2 Å². The Morgan fingerprint density at radius 2 is 1.78 bits per heavy atom. The number of nitrogens with one attached hydrogen (secondary N) is 1. The molecule has 4 rings (SSSR count). The molecule has 3 aromatic rings. The normalized spacial score (nSPS) is 15.0. The maximum absolute atomic E-state index is 12.9. The molecular formula is C21H24N6O4S. The van der Waals surface area contributed by atoms with Gasteiger partial charge in [0.15, 0.2) is 5.82 Å². The molecule has 0 radical (unpaired) electrons. The smallest absolute Gasteiger partial charge is 0.293 e. The van der Waals surface area contributed by atoms with E-state index in [0.717, 1.165) is 31.4 Å². The molecule has 2 aromatic carbocycles. The van der Waals surface area contributed by atoms with E-state index < -0.39 is 14.9 Å². The molecule has 168 valence electrons. The van der Waals surface area contributed by atoms with Gasteiger partial charge in [-0.2, -0.15) is 0 Å². The lowest BCUT2D eigenvalue weighted by molar-refractivity contribution is -0.384. The summed E-state index contributed by atoms with van der Waals surface area (Å²) in [4.78, 5) is 15.2. The molecule has 0 bridgehead atoms. The van der Waals surface area contributed by atoms with Crippen molar-refractivity contribution in [3.05, 3.63) is 70.9 Å². The van der Waals surface area contributed by atoms with Crippen molar-refractivity contribution in [1.29, 1.82) is 0 Å². The van der Waals surface area contributed by atoms with Crippen molar-refractivity contribution >= 4 is 27.2 Å². The fraction of sp³-hybridized carbons (Fsp3) is 0.286. The lowest BCUT2D eigenvalue weighted by Crippen LogP contribution is -2.46. The molecule has 11 heteroatoms. The van der Waals surface area contributed by atoms with E-state index in [1.165, 1.54) is 18.2 Å². The Bertz CT molecular complexity index is 1200. The number of likely N-dealkylation sites (N-methyl/N-ethyl adjacent to an activating group) is 1. The minimum atomic E-state index is -4.06. The number of nitro benzene ring substituents is 1. The van der Waals surface area contributed by atoms with Crippen molar-refractivity contribution in [2.75, 3.05) is 42.3 Å². The second kappa shape index (κ2) is 8.97. The van der Waals surface area contributed by atoms with Gasteiger partial charge >= 0.3 is 0 Å². The van der Waals surface area contributed by atoms with Gasteiger partial charge in [-0.05, 0) is 30.8 Å². The van der Waals surface area contributed by atoms with Crippen LogP contribution in [0.4, 0.5) is 17.2 Å². The molecule has 1 aliphatic rings. The van der Waals surface area contributed by atoms with Crippen LogP contribution in [0.5, 0.6) is 0 Å². The highest BCUT2D eigenvalue weighted by molar-refractivity contribution is 7.92. The Balaban J connectivity index is 1.57. The van der Waals surface area contributed by atoms with Gasteiger partial charge < -0.3 is 9.80 Å². The fourth-order valence-corrected chi connectivity index (χ4v) is 4.70. The molecule has 0 spiro atoms. The molecule has 0 amide bonds. The van der Waals surface area contributed by atoms with Crippen LogP contribution in [-0.2, 0) is 10.0 Å². The van der Waals surface area contributed by atoms with Gasteiger partial charge in [0.05, 0.1) is 15.5 Å². The number of hydrogen-bond donors (Lipinski definition) is 1. The van der Waals surface area contributed by atoms with Crippen LogP contribution in [0.1, 0.15) is 6.92 Å². The van der Waals surface area contributed by atoms with Crippen LogP contribution >= 0.6 is 0 Å². The van der Waals surface area contributed by atoms with Crippen molar-refractivity contribution in [3.63, 3.8) is 0 Å². The number of hydrogen-bond acceptors (Lipinski definition) is 7. The van der Waals surface area contributed by atoms with Crippen molar-refractivity contribution in [2.45, 2.75) is 11.8 Å². The lowest BCUT2D eigenvalue weighted by Gasteiger charge is -2.35. The van der Waals surface area contributed by atoms with E-state index in [-0.39, 0.29) is 16.4 Å². The Hall–Kier alpha value is -3.44. The maximum atomic E-state index is 12.9. The van der Waals surface area contributed by atoms with Gasteiger partial charge in [-0.3, -0.25) is 14.8 Å². The SMILES string of the molecule is CCN1CCN(c2ccc(S(=O)(=O)Nc3ccn(-c4ccccc4)n3)cc2[N+](=O)[O-])CC1. The number of aromatic nitrogens is 2. The lowest BCUT2D eigenvalue weighted by atomic mass is 10.2. The fourth-order valence-electron chi connectivity index (χ4n) is 3.69. The first kappa shape index (κ1) is 21.8. The van der Waals surface area contributed by atoms with Crippen LogP contribution in [0.2, 0.25) is 0 Å². The first-order valence-corrected chi connectivity index (χ1v) is 11.8. The van der Waals surface area contributed by atoms with Gasteiger partial charge in [-0.1, -0.05) is 25.1 Å². The van der Waals surface area contributed by atoms with Gasteiger partial charge in [0, 0.05) is 44.5 Å². The number of anilines is 2. The minimum absolute atomic E-state index is 0.122. The number of nitrogens with zero attached hydrogens (tertiary/aromatic N) is 5. The molecule has 0 atom stereocenters.